The Morgan fingerprint density at radius 1 is 1.33 bits per heavy atom. The molecule has 52 valence electrons. The third kappa shape index (κ3) is 0.536. The van der Waals surface area contributed by atoms with Crippen LogP contribution in [0, 0.1) is 11.3 Å². The summed E-state index contributed by atoms with van der Waals surface area (Å²) in [6, 6.07) is 0.524. The molecule has 2 rings (SSSR count). The van der Waals surface area contributed by atoms with Gasteiger partial charge in [0.25, 0.3) is 0 Å². The first-order chi connectivity index (χ1) is 4.23. The van der Waals surface area contributed by atoms with Gasteiger partial charge in [0.1, 0.15) is 0 Å². The summed E-state index contributed by atoms with van der Waals surface area (Å²) < 4.78 is 0. The molecule has 0 heterocycles. The van der Waals surface area contributed by atoms with Crippen LogP contribution >= 0.6 is 0 Å². The first-order valence-corrected chi connectivity index (χ1v) is 3.99. The minimum absolute atomic E-state index is 0.524. The van der Waals surface area contributed by atoms with Crippen molar-refractivity contribution in [2.75, 3.05) is 0 Å². The van der Waals surface area contributed by atoms with E-state index >= 15 is 0 Å². The Morgan fingerprint density at radius 2 is 2.11 bits per heavy atom. The van der Waals surface area contributed by atoms with Gasteiger partial charge in [-0.15, -0.1) is 0 Å². The highest BCUT2D eigenvalue weighted by Crippen LogP contribution is 2.56. The molecule has 2 fully saturated rings. The quantitative estimate of drug-likeness (QED) is 0.522. The number of fused-ring (bicyclic) bond motifs is 1. The molecule has 9 heavy (non-hydrogen) atoms. The lowest BCUT2D eigenvalue weighted by Gasteiger charge is -2.44. The van der Waals surface area contributed by atoms with E-state index in [0.717, 1.165) is 5.92 Å². The van der Waals surface area contributed by atoms with Crippen molar-refractivity contribution in [1.82, 2.24) is 0 Å². The van der Waals surface area contributed by atoms with E-state index in [1.54, 1.807) is 0 Å². The summed E-state index contributed by atoms with van der Waals surface area (Å²) in [5.74, 6) is 0.993. The maximum atomic E-state index is 5.95. The van der Waals surface area contributed by atoms with Crippen LogP contribution in [0.4, 0.5) is 0 Å². The average molecular weight is 125 g/mol. The second-order valence-electron chi connectivity index (χ2n) is 3.93. The van der Waals surface area contributed by atoms with Crippen LogP contribution in [0.15, 0.2) is 0 Å². The van der Waals surface area contributed by atoms with Gasteiger partial charge in [-0.3, -0.25) is 0 Å². The molecular weight excluding hydrogens is 110 g/mol. The molecule has 2 saturated carbocycles. The Morgan fingerprint density at radius 3 is 2.33 bits per heavy atom. The van der Waals surface area contributed by atoms with Crippen molar-refractivity contribution in [2.24, 2.45) is 17.1 Å². The van der Waals surface area contributed by atoms with Gasteiger partial charge in [-0.1, -0.05) is 6.92 Å². The van der Waals surface area contributed by atoms with E-state index in [1.165, 1.54) is 25.7 Å². The van der Waals surface area contributed by atoms with E-state index in [0.29, 0.717) is 11.5 Å². The minimum atomic E-state index is 0.524. The van der Waals surface area contributed by atoms with E-state index in [1.807, 2.05) is 0 Å². The zero-order valence-corrected chi connectivity index (χ0v) is 6.06. The van der Waals surface area contributed by atoms with Gasteiger partial charge in [-0.2, -0.15) is 0 Å². The predicted molar refractivity (Wildman–Crippen MR) is 38.0 cm³/mol. The van der Waals surface area contributed by atoms with Gasteiger partial charge >= 0.3 is 0 Å². The van der Waals surface area contributed by atoms with E-state index in [9.17, 15) is 0 Å². The van der Waals surface area contributed by atoms with Gasteiger partial charge < -0.3 is 5.73 Å². The third-order valence-corrected chi connectivity index (χ3v) is 3.64. The summed E-state index contributed by atoms with van der Waals surface area (Å²) >= 11 is 0. The Balaban J connectivity index is 2.18. The van der Waals surface area contributed by atoms with Crippen molar-refractivity contribution in [3.05, 3.63) is 0 Å². The normalized spacial score (nSPS) is 56.7. The van der Waals surface area contributed by atoms with Crippen LogP contribution in [-0.4, -0.2) is 6.04 Å². The van der Waals surface area contributed by atoms with Crippen LogP contribution in [0.1, 0.15) is 32.6 Å². The summed E-state index contributed by atoms with van der Waals surface area (Å²) in [5, 5.41) is 0. The van der Waals surface area contributed by atoms with Gasteiger partial charge in [0, 0.05) is 6.04 Å². The van der Waals surface area contributed by atoms with E-state index in [4.69, 9.17) is 5.73 Å². The molecule has 1 heteroatoms. The first-order valence-electron chi connectivity index (χ1n) is 3.99. The lowest BCUT2D eigenvalue weighted by molar-refractivity contribution is 0.0719. The topological polar surface area (TPSA) is 26.0 Å². The monoisotopic (exact) mass is 125 g/mol. The zero-order valence-electron chi connectivity index (χ0n) is 6.06. The Kier molecular flexibility index (Phi) is 0.963. The van der Waals surface area contributed by atoms with Crippen molar-refractivity contribution in [1.29, 1.82) is 0 Å². The Labute approximate surface area is 56.6 Å². The molecule has 0 amide bonds. The molecule has 0 saturated heterocycles. The van der Waals surface area contributed by atoms with Crippen molar-refractivity contribution >= 4 is 0 Å². The maximum Gasteiger partial charge on any atom is 0.00956 e. The molecule has 0 radical (unpaired) electrons. The van der Waals surface area contributed by atoms with Crippen LogP contribution in [0.5, 0.6) is 0 Å². The Hall–Kier alpha value is -0.0400. The molecule has 0 spiro atoms. The zero-order chi connectivity index (χ0) is 6.48. The van der Waals surface area contributed by atoms with Gasteiger partial charge in [0.2, 0.25) is 0 Å². The molecule has 2 N–H and O–H groups in total. The average Bonchev–Trinajstić information content (AvgIpc) is 1.96. The standard InChI is InChI=1S/C8H15N/c1-8-5-4-6(8)2-3-7(8)9/h6-7H,2-5,9H2,1H3/t6-,7-,8+/m0/s1. The van der Waals surface area contributed by atoms with Crippen molar-refractivity contribution in [3.8, 4) is 0 Å². The first kappa shape index (κ1) is 5.72. The van der Waals surface area contributed by atoms with E-state index in [2.05, 4.69) is 6.92 Å². The molecule has 0 aromatic rings. The lowest BCUT2D eigenvalue weighted by Crippen LogP contribution is -2.44. The summed E-state index contributed by atoms with van der Waals surface area (Å²) in [4.78, 5) is 0. The largest absolute Gasteiger partial charge is 0.327 e. The molecule has 3 atom stereocenters. The summed E-state index contributed by atoms with van der Waals surface area (Å²) in [5.41, 5.74) is 6.52. The fourth-order valence-electron chi connectivity index (χ4n) is 2.48. The second-order valence-corrected chi connectivity index (χ2v) is 3.93. The van der Waals surface area contributed by atoms with Crippen molar-refractivity contribution in [3.63, 3.8) is 0 Å². The molecule has 0 aromatic carbocycles. The lowest BCUT2D eigenvalue weighted by atomic mass is 9.62. The fraction of sp³-hybridized carbons (Fsp3) is 1.00. The van der Waals surface area contributed by atoms with Gasteiger partial charge in [0.05, 0.1) is 0 Å². The summed E-state index contributed by atoms with van der Waals surface area (Å²) in [7, 11) is 0. The Bertz CT molecular complexity index is 125. The predicted octanol–water partition coefficient (Wildman–Crippen LogP) is 1.52. The van der Waals surface area contributed by atoms with Gasteiger partial charge in [-0.25, -0.2) is 0 Å². The highest BCUT2D eigenvalue weighted by molar-refractivity contribution is 5.04. The molecule has 0 aromatic heterocycles. The van der Waals surface area contributed by atoms with Gasteiger partial charge in [-0.05, 0) is 37.0 Å². The number of hydrogen-bond donors (Lipinski definition) is 1. The van der Waals surface area contributed by atoms with E-state index < -0.39 is 0 Å². The highest BCUT2D eigenvalue weighted by Gasteiger charge is 2.50. The van der Waals surface area contributed by atoms with E-state index in [-0.39, 0.29) is 0 Å². The molecule has 2 aliphatic carbocycles. The highest BCUT2D eigenvalue weighted by atomic mass is 14.8. The summed E-state index contributed by atoms with van der Waals surface area (Å²) in [6.07, 6.45) is 5.52. The smallest absolute Gasteiger partial charge is 0.00956 e. The number of nitrogens with two attached hydrogens (primary N) is 1. The molecule has 0 unspecified atom stereocenters. The SMILES string of the molecule is C[C@@]12CC[C@@H]1CC[C@@H]2N. The second kappa shape index (κ2) is 1.51. The van der Waals surface area contributed by atoms with Crippen LogP contribution in [0.25, 0.3) is 0 Å². The van der Waals surface area contributed by atoms with Crippen LogP contribution in [-0.2, 0) is 0 Å². The molecule has 0 bridgehead atoms. The third-order valence-electron chi connectivity index (χ3n) is 3.64. The van der Waals surface area contributed by atoms with Crippen molar-refractivity contribution < 1.29 is 0 Å². The molecule has 2 aliphatic rings. The minimum Gasteiger partial charge on any atom is -0.327 e. The molecule has 1 nitrogen and oxygen atoms in total. The molecule has 0 aliphatic heterocycles. The number of hydrogen-bond acceptors (Lipinski definition) is 1. The van der Waals surface area contributed by atoms with Crippen molar-refractivity contribution in [2.45, 2.75) is 38.6 Å². The molecular formula is C8H15N. The number of rotatable bonds is 0. The fourth-order valence-corrected chi connectivity index (χ4v) is 2.48. The van der Waals surface area contributed by atoms with Crippen LogP contribution in [0.2, 0.25) is 0 Å². The summed E-state index contributed by atoms with van der Waals surface area (Å²) in [6.45, 7) is 2.36. The van der Waals surface area contributed by atoms with Gasteiger partial charge in [0.15, 0.2) is 0 Å². The van der Waals surface area contributed by atoms with Crippen LogP contribution < -0.4 is 5.73 Å². The maximum absolute atomic E-state index is 5.95. The van der Waals surface area contributed by atoms with Crippen LogP contribution in [0.3, 0.4) is 0 Å².